The van der Waals surface area contributed by atoms with Gasteiger partial charge in [-0.15, -0.1) is 0 Å². The van der Waals surface area contributed by atoms with Gasteiger partial charge in [0.1, 0.15) is 17.3 Å². The van der Waals surface area contributed by atoms with E-state index in [4.69, 9.17) is 14.5 Å². The molecule has 3 aliphatic rings. The zero-order valence-corrected chi connectivity index (χ0v) is 23.6. The van der Waals surface area contributed by atoms with E-state index in [9.17, 15) is 9.59 Å². The summed E-state index contributed by atoms with van der Waals surface area (Å²) in [5.74, 6) is 7.91. The molecule has 0 bridgehead atoms. The first kappa shape index (κ1) is 27.8. The van der Waals surface area contributed by atoms with E-state index in [0.717, 1.165) is 49.0 Å². The number of aromatic nitrogens is 2. The number of amides is 3. The molecule has 40 heavy (non-hydrogen) atoms. The Bertz CT molecular complexity index is 1310. The maximum absolute atomic E-state index is 13.2. The molecular formula is C29H37N7O4. The number of urea groups is 1. The Morgan fingerprint density at radius 2 is 1.98 bits per heavy atom. The summed E-state index contributed by atoms with van der Waals surface area (Å²) in [5.41, 5.74) is 3.04. The molecule has 2 N–H and O–H groups in total. The van der Waals surface area contributed by atoms with Gasteiger partial charge in [-0.2, -0.15) is 0 Å². The third-order valence-corrected chi connectivity index (χ3v) is 7.23. The summed E-state index contributed by atoms with van der Waals surface area (Å²) in [7, 11) is 6.63. The summed E-state index contributed by atoms with van der Waals surface area (Å²) >= 11 is 0. The highest BCUT2D eigenvalue weighted by molar-refractivity contribution is 6.00. The largest absolute Gasteiger partial charge is 0.381 e. The highest BCUT2D eigenvalue weighted by Crippen LogP contribution is 2.30. The molecule has 2 aliphatic carbocycles. The molecule has 3 heterocycles. The summed E-state index contributed by atoms with van der Waals surface area (Å²) in [6.45, 7) is 2.18. The molecule has 2 aromatic heterocycles. The number of piperazine rings is 1. The van der Waals surface area contributed by atoms with Crippen molar-refractivity contribution in [3.05, 3.63) is 41.2 Å². The van der Waals surface area contributed by atoms with Crippen molar-refractivity contribution in [3.8, 4) is 11.8 Å². The molecular weight excluding hydrogens is 510 g/mol. The number of nitrogens with zero attached hydrogens (tertiary/aromatic N) is 5. The number of ether oxygens (including phenoxy) is 2. The van der Waals surface area contributed by atoms with Crippen LogP contribution in [0.2, 0.25) is 0 Å². The average molecular weight is 548 g/mol. The predicted octanol–water partition coefficient (Wildman–Crippen LogP) is 3.05. The fraction of sp³-hybridized carbons (Fsp3) is 0.517. The molecule has 212 valence electrons. The number of pyridine rings is 2. The SMILES string of the molecule is COC(OC)c1nc(N(C)C(=O)Nc2cc(NC3CC3)c(C#CC3CC3)cn2)ccc1CN1CCN(C)CC1=O. The van der Waals surface area contributed by atoms with E-state index in [1.807, 2.05) is 24.1 Å². The Morgan fingerprint density at radius 3 is 2.65 bits per heavy atom. The van der Waals surface area contributed by atoms with E-state index in [0.29, 0.717) is 48.9 Å². The van der Waals surface area contributed by atoms with Crippen LogP contribution in [-0.2, 0) is 20.8 Å². The molecule has 1 aliphatic heterocycles. The fourth-order valence-electron chi connectivity index (χ4n) is 4.43. The summed E-state index contributed by atoms with van der Waals surface area (Å²) < 4.78 is 11.0. The van der Waals surface area contributed by atoms with Gasteiger partial charge >= 0.3 is 6.03 Å². The van der Waals surface area contributed by atoms with Crippen LogP contribution in [0.3, 0.4) is 0 Å². The molecule has 0 radical (unpaired) electrons. The smallest absolute Gasteiger partial charge is 0.328 e. The first-order valence-corrected chi connectivity index (χ1v) is 13.7. The molecule has 2 saturated carbocycles. The zero-order valence-electron chi connectivity index (χ0n) is 23.6. The van der Waals surface area contributed by atoms with Crippen molar-refractivity contribution in [2.24, 2.45) is 5.92 Å². The molecule has 0 atom stereocenters. The quantitative estimate of drug-likeness (QED) is 0.364. The monoisotopic (exact) mass is 547 g/mol. The van der Waals surface area contributed by atoms with Crippen LogP contribution in [0.4, 0.5) is 22.1 Å². The second kappa shape index (κ2) is 12.2. The Labute approximate surface area is 235 Å². The summed E-state index contributed by atoms with van der Waals surface area (Å²) in [6.07, 6.45) is 5.52. The van der Waals surface area contributed by atoms with Crippen molar-refractivity contribution >= 4 is 29.3 Å². The maximum Gasteiger partial charge on any atom is 0.328 e. The zero-order chi connectivity index (χ0) is 28.2. The molecule has 0 aromatic carbocycles. The molecule has 5 rings (SSSR count). The van der Waals surface area contributed by atoms with Crippen LogP contribution in [0.5, 0.6) is 0 Å². The maximum atomic E-state index is 13.2. The van der Waals surface area contributed by atoms with E-state index in [1.165, 1.54) is 19.1 Å². The van der Waals surface area contributed by atoms with Gasteiger partial charge in [-0.3, -0.25) is 19.9 Å². The lowest BCUT2D eigenvalue weighted by molar-refractivity contribution is -0.136. The van der Waals surface area contributed by atoms with Gasteiger partial charge in [-0.05, 0) is 44.4 Å². The topological polar surface area (TPSA) is 112 Å². The average Bonchev–Trinajstić information content (AvgIpc) is 3.87. The van der Waals surface area contributed by atoms with Crippen LogP contribution in [0, 0.1) is 17.8 Å². The number of hydrogen-bond donors (Lipinski definition) is 2. The van der Waals surface area contributed by atoms with E-state index >= 15 is 0 Å². The van der Waals surface area contributed by atoms with E-state index in [-0.39, 0.29) is 5.91 Å². The van der Waals surface area contributed by atoms with Crippen molar-refractivity contribution in [1.29, 1.82) is 0 Å². The molecule has 11 heteroatoms. The second-order valence-electron chi connectivity index (χ2n) is 10.6. The van der Waals surface area contributed by atoms with Gasteiger partial charge in [0.2, 0.25) is 12.2 Å². The predicted molar refractivity (Wildman–Crippen MR) is 152 cm³/mol. The first-order valence-electron chi connectivity index (χ1n) is 13.7. The molecule has 2 aromatic rings. The highest BCUT2D eigenvalue weighted by Gasteiger charge is 2.26. The number of rotatable bonds is 9. The van der Waals surface area contributed by atoms with Gasteiger partial charge in [0.25, 0.3) is 0 Å². The molecule has 0 unspecified atom stereocenters. The lowest BCUT2D eigenvalue weighted by Gasteiger charge is -2.33. The van der Waals surface area contributed by atoms with Crippen LogP contribution in [0.25, 0.3) is 0 Å². The molecule has 3 fully saturated rings. The molecule has 0 spiro atoms. The van der Waals surface area contributed by atoms with Crippen molar-refractivity contribution in [2.75, 3.05) is 63.5 Å². The number of carbonyl (C=O) groups excluding carboxylic acids is 2. The number of nitrogens with one attached hydrogen (secondary N) is 2. The minimum absolute atomic E-state index is 0.0549. The molecule has 1 saturated heterocycles. The minimum atomic E-state index is -0.754. The number of methoxy groups -OCH3 is 2. The Kier molecular flexibility index (Phi) is 8.49. The fourth-order valence-corrected chi connectivity index (χ4v) is 4.43. The van der Waals surface area contributed by atoms with Crippen LogP contribution in [0.1, 0.15) is 48.8 Å². The number of carbonyl (C=O) groups is 2. The standard InChI is InChI=1S/C29H37N7O4/c1-34-13-14-36(26(37)18-34)17-21-9-12-25(33-27(21)28(39-3)40-4)35(2)29(38)32-24-15-23(31-22-10-11-22)20(16-30-24)8-7-19-5-6-19/h9,12,15-16,19,22,28H,5-6,10-11,13-14,17-18H2,1-4H3,(H2,30,31,32,38). The van der Waals surface area contributed by atoms with Crippen molar-refractivity contribution in [1.82, 2.24) is 19.8 Å². The number of hydrogen-bond acceptors (Lipinski definition) is 8. The van der Waals surface area contributed by atoms with Gasteiger partial charge in [0.15, 0.2) is 0 Å². The Hall–Kier alpha value is -3.72. The van der Waals surface area contributed by atoms with Gasteiger partial charge in [-0.1, -0.05) is 17.9 Å². The lowest BCUT2D eigenvalue weighted by Crippen LogP contribution is -2.48. The summed E-state index contributed by atoms with van der Waals surface area (Å²) in [6, 6.07) is 5.50. The van der Waals surface area contributed by atoms with Crippen molar-refractivity contribution in [2.45, 2.75) is 44.6 Å². The third kappa shape index (κ3) is 6.88. The second-order valence-corrected chi connectivity index (χ2v) is 10.6. The summed E-state index contributed by atoms with van der Waals surface area (Å²) in [4.78, 5) is 40.2. The first-order chi connectivity index (χ1) is 19.3. The number of likely N-dealkylation sites (N-methyl/N-ethyl adjacent to an activating group) is 1. The minimum Gasteiger partial charge on any atom is -0.381 e. The summed E-state index contributed by atoms with van der Waals surface area (Å²) in [5, 5.41) is 6.38. The van der Waals surface area contributed by atoms with Gasteiger partial charge < -0.3 is 19.7 Å². The van der Waals surface area contributed by atoms with Crippen LogP contribution >= 0.6 is 0 Å². The van der Waals surface area contributed by atoms with E-state index < -0.39 is 12.3 Å². The lowest BCUT2D eigenvalue weighted by atomic mass is 10.1. The van der Waals surface area contributed by atoms with Crippen molar-refractivity contribution < 1.29 is 19.1 Å². The number of anilines is 3. The third-order valence-electron chi connectivity index (χ3n) is 7.23. The van der Waals surface area contributed by atoms with E-state index in [1.54, 1.807) is 24.2 Å². The van der Waals surface area contributed by atoms with Crippen LogP contribution in [-0.4, -0.2) is 85.7 Å². The normalized spacial score (nSPS) is 17.4. The van der Waals surface area contributed by atoms with Gasteiger partial charge in [-0.25, -0.2) is 14.8 Å². The van der Waals surface area contributed by atoms with Gasteiger partial charge in [0.05, 0.1) is 17.8 Å². The molecule has 3 amide bonds. The van der Waals surface area contributed by atoms with Crippen LogP contribution in [0.15, 0.2) is 24.4 Å². The van der Waals surface area contributed by atoms with Crippen molar-refractivity contribution in [3.63, 3.8) is 0 Å². The van der Waals surface area contributed by atoms with Crippen LogP contribution < -0.4 is 15.5 Å². The highest BCUT2D eigenvalue weighted by atomic mass is 16.7. The Balaban J connectivity index is 1.32. The Morgan fingerprint density at radius 1 is 1.20 bits per heavy atom. The molecule has 11 nitrogen and oxygen atoms in total. The van der Waals surface area contributed by atoms with E-state index in [2.05, 4.69) is 27.5 Å². The van der Waals surface area contributed by atoms with Gasteiger partial charge in [0, 0.05) is 65.1 Å².